The fourth-order valence-electron chi connectivity index (χ4n) is 2.95. The second-order valence-corrected chi connectivity index (χ2v) is 12.0. The van der Waals surface area contributed by atoms with E-state index in [0.717, 1.165) is 10.2 Å². The third-order valence-corrected chi connectivity index (χ3v) is 8.23. The average molecular weight is 566 g/mol. The highest BCUT2D eigenvalue weighted by atomic mass is 79.9. The second kappa shape index (κ2) is 11.3. The van der Waals surface area contributed by atoms with E-state index in [-0.39, 0.29) is 4.90 Å². The zero-order chi connectivity index (χ0) is 24.8. The monoisotopic (exact) mass is 565 g/mol. The Labute approximate surface area is 211 Å². The van der Waals surface area contributed by atoms with E-state index < -0.39 is 26.7 Å². The molecule has 1 atom stereocenters. The first-order chi connectivity index (χ1) is 16.1. The van der Waals surface area contributed by atoms with E-state index in [9.17, 15) is 18.4 Å². The summed E-state index contributed by atoms with van der Waals surface area (Å²) in [4.78, 5) is 16.6. The largest absolute Gasteiger partial charge is 0.457 e. The summed E-state index contributed by atoms with van der Waals surface area (Å²) in [6.45, 7) is 3.44. The highest BCUT2D eigenvalue weighted by Gasteiger charge is 2.39. The summed E-state index contributed by atoms with van der Waals surface area (Å²) in [6, 6.07) is 17.3. The number of aromatic nitrogens is 1. The zero-order valence-corrected chi connectivity index (χ0v) is 21.7. The lowest BCUT2D eigenvalue weighted by atomic mass is 10.0. The van der Waals surface area contributed by atoms with Crippen LogP contribution in [-0.2, 0) is 20.6 Å². The molecule has 0 aliphatic rings. The molecular formula is C23H24BrN3O5S2. The van der Waals surface area contributed by atoms with Crippen molar-refractivity contribution in [2.45, 2.75) is 35.3 Å². The predicted octanol–water partition coefficient (Wildman–Crippen LogP) is 4.50. The number of nitrogens with zero attached hydrogens (tertiary/aromatic N) is 1. The smallest absolute Gasteiger partial charge is 0.262 e. The number of ether oxygens (including phenoxy) is 1. The molecular weight excluding hydrogens is 542 g/mol. The third kappa shape index (κ3) is 7.03. The van der Waals surface area contributed by atoms with Crippen LogP contribution in [0.3, 0.4) is 0 Å². The Kier molecular flexibility index (Phi) is 8.72. The van der Waals surface area contributed by atoms with Crippen LogP contribution in [0.1, 0.15) is 19.5 Å². The van der Waals surface area contributed by atoms with Crippen LogP contribution in [0.25, 0.3) is 0 Å². The molecule has 3 aromatic rings. The zero-order valence-electron chi connectivity index (χ0n) is 18.4. The van der Waals surface area contributed by atoms with Crippen molar-refractivity contribution in [3.8, 4) is 11.5 Å². The van der Waals surface area contributed by atoms with Crippen LogP contribution in [0.5, 0.6) is 11.5 Å². The third-order valence-electron chi connectivity index (χ3n) is 4.84. The lowest BCUT2D eigenvalue weighted by Gasteiger charge is -2.32. The first-order valence-electron chi connectivity index (χ1n) is 10.1. The van der Waals surface area contributed by atoms with Crippen molar-refractivity contribution in [3.05, 3.63) is 83.1 Å². The topological polar surface area (TPSA) is 118 Å². The van der Waals surface area contributed by atoms with Gasteiger partial charge in [-0.3, -0.25) is 15.0 Å². The molecule has 0 saturated carbocycles. The van der Waals surface area contributed by atoms with Gasteiger partial charge in [-0.1, -0.05) is 22.0 Å². The molecule has 8 nitrogen and oxygen atoms in total. The van der Waals surface area contributed by atoms with Gasteiger partial charge in [0.25, 0.3) is 5.91 Å². The van der Waals surface area contributed by atoms with Gasteiger partial charge in [-0.2, -0.15) is 4.72 Å². The van der Waals surface area contributed by atoms with Gasteiger partial charge in [-0.05, 0) is 74.5 Å². The van der Waals surface area contributed by atoms with Crippen LogP contribution in [-0.4, -0.2) is 35.3 Å². The van der Waals surface area contributed by atoms with Gasteiger partial charge in [0.2, 0.25) is 10.0 Å². The summed E-state index contributed by atoms with van der Waals surface area (Å²) in [5.74, 6) is 0.644. The molecule has 3 rings (SSSR count). The van der Waals surface area contributed by atoms with Crippen LogP contribution in [0.4, 0.5) is 0 Å². The van der Waals surface area contributed by atoms with E-state index in [1.165, 1.54) is 36.0 Å². The quantitative estimate of drug-likeness (QED) is 0.244. The van der Waals surface area contributed by atoms with Crippen molar-refractivity contribution in [1.29, 1.82) is 0 Å². The standard InChI is InChI=1S/C23H24BrN3O5S2/c1-23(2,33-15-17-5-3-4-14-25-17)21(22(28)26-29)27-34(30,31)20-12-10-19(11-13-20)32-18-8-6-16(24)7-9-18/h3-14,21,27,29H,15H2,1-2H3,(H,26,28). The number of pyridine rings is 1. The SMILES string of the molecule is CC(C)(SCc1ccccn1)C(NS(=O)(=O)c1ccc(Oc2ccc(Br)cc2)cc1)C(=O)NO. The number of rotatable bonds is 10. The molecule has 3 N–H and O–H groups in total. The summed E-state index contributed by atoms with van der Waals surface area (Å²) in [5.41, 5.74) is 2.35. The minimum Gasteiger partial charge on any atom is -0.457 e. The highest BCUT2D eigenvalue weighted by Crippen LogP contribution is 2.32. The van der Waals surface area contributed by atoms with Gasteiger partial charge in [0.1, 0.15) is 17.5 Å². The first-order valence-corrected chi connectivity index (χ1v) is 13.4. The summed E-state index contributed by atoms with van der Waals surface area (Å²) in [6.07, 6.45) is 1.66. The minimum absolute atomic E-state index is 0.0445. The molecule has 0 aliphatic heterocycles. The van der Waals surface area contributed by atoms with Gasteiger partial charge in [-0.25, -0.2) is 13.9 Å². The number of thioether (sulfide) groups is 1. The Bertz CT molecular complexity index is 1210. The molecule has 0 radical (unpaired) electrons. The van der Waals surface area contributed by atoms with E-state index in [1.54, 1.807) is 43.7 Å². The maximum atomic E-state index is 13.1. The Morgan fingerprint density at radius 1 is 1.09 bits per heavy atom. The fraction of sp³-hybridized carbons (Fsp3) is 0.217. The number of carbonyl (C=O) groups excluding carboxylic acids is 1. The van der Waals surface area contributed by atoms with Crippen LogP contribution in [0, 0.1) is 0 Å². The van der Waals surface area contributed by atoms with Gasteiger partial charge < -0.3 is 4.74 Å². The molecule has 1 heterocycles. The molecule has 0 saturated heterocycles. The average Bonchev–Trinajstić information content (AvgIpc) is 2.83. The molecule has 180 valence electrons. The molecule has 0 bridgehead atoms. The number of hydrogen-bond acceptors (Lipinski definition) is 7. The van der Waals surface area contributed by atoms with Crippen molar-refractivity contribution < 1.29 is 23.2 Å². The molecule has 2 aromatic carbocycles. The van der Waals surface area contributed by atoms with E-state index in [0.29, 0.717) is 17.3 Å². The van der Waals surface area contributed by atoms with Crippen LogP contribution in [0.2, 0.25) is 0 Å². The van der Waals surface area contributed by atoms with Crippen LogP contribution >= 0.6 is 27.7 Å². The van der Waals surface area contributed by atoms with Gasteiger partial charge in [0.05, 0.1) is 10.6 Å². The normalized spacial score (nSPS) is 12.7. The lowest BCUT2D eigenvalue weighted by molar-refractivity contribution is -0.131. The summed E-state index contributed by atoms with van der Waals surface area (Å²) >= 11 is 4.69. The predicted molar refractivity (Wildman–Crippen MR) is 134 cm³/mol. The van der Waals surface area contributed by atoms with Crippen molar-refractivity contribution >= 4 is 43.6 Å². The molecule has 11 heteroatoms. The number of amides is 1. The highest BCUT2D eigenvalue weighted by molar-refractivity contribution is 9.10. The number of carbonyl (C=O) groups is 1. The molecule has 1 unspecified atom stereocenters. The maximum Gasteiger partial charge on any atom is 0.262 e. The van der Waals surface area contributed by atoms with E-state index in [2.05, 4.69) is 25.6 Å². The van der Waals surface area contributed by atoms with E-state index in [4.69, 9.17) is 4.74 Å². The summed E-state index contributed by atoms with van der Waals surface area (Å²) in [7, 11) is -4.09. The van der Waals surface area contributed by atoms with Crippen molar-refractivity contribution in [3.63, 3.8) is 0 Å². The Morgan fingerprint density at radius 3 is 2.26 bits per heavy atom. The Balaban J connectivity index is 1.74. The maximum absolute atomic E-state index is 13.1. The van der Waals surface area contributed by atoms with Crippen molar-refractivity contribution in [1.82, 2.24) is 15.2 Å². The van der Waals surface area contributed by atoms with Gasteiger partial charge in [-0.15, -0.1) is 11.8 Å². The molecule has 0 spiro atoms. The molecule has 0 aliphatic carbocycles. The molecule has 1 aromatic heterocycles. The van der Waals surface area contributed by atoms with E-state index >= 15 is 0 Å². The lowest BCUT2D eigenvalue weighted by Crippen LogP contribution is -2.55. The number of hydroxylamine groups is 1. The summed E-state index contributed by atoms with van der Waals surface area (Å²) in [5, 5.41) is 9.24. The van der Waals surface area contributed by atoms with Crippen molar-refractivity contribution in [2.75, 3.05) is 0 Å². The first kappa shape index (κ1) is 26.2. The molecule has 34 heavy (non-hydrogen) atoms. The van der Waals surface area contributed by atoms with E-state index in [1.807, 2.05) is 24.3 Å². The fourth-order valence-corrected chi connectivity index (χ4v) is 5.66. The number of halogens is 1. The number of nitrogens with one attached hydrogen (secondary N) is 2. The number of hydrogen-bond donors (Lipinski definition) is 3. The minimum atomic E-state index is -4.09. The van der Waals surface area contributed by atoms with Gasteiger partial charge >= 0.3 is 0 Å². The van der Waals surface area contributed by atoms with Crippen LogP contribution < -0.4 is 14.9 Å². The molecule has 1 amide bonds. The number of benzene rings is 2. The van der Waals surface area contributed by atoms with Gasteiger partial charge in [0.15, 0.2) is 0 Å². The second-order valence-electron chi connectivity index (χ2n) is 7.77. The van der Waals surface area contributed by atoms with Crippen LogP contribution in [0.15, 0.2) is 82.3 Å². The Hall–Kier alpha value is -2.44. The van der Waals surface area contributed by atoms with Crippen molar-refractivity contribution in [2.24, 2.45) is 0 Å². The Morgan fingerprint density at radius 2 is 1.71 bits per heavy atom. The number of sulfonamides is 1. The molecule has 0 fully saturated rings. The van der Waals surface area contributed by atoms with Gasteiger partial charge in [0, 0.05) is 21.2 Å². The summed E-state index contributed by atoms with van der Waals surface area (Å²) < 4.78 is 34.2.